The average Bonchev–Trinajstić information content (AvgIpc) is 2.27. The van der Waals surface area contributed by atoms with Crippen molar-refractivity contribution >= 4 is 22.1 Å². The zero-order valence-corrected chi connectivity index (χ0v) is 13.1. The van der Waals surface area contributed by atoms with Gasteiger partial charge in [0, 0.05) is 0 Å². The molecule has 0 bridgehead atoms. The van der Waals surface area contributed by atoms with Crippen LogP contribution in [-0.4, -0.2) is 36.6 Å². The number of hydrogen-bond donors (Lipinski definition) is 2. The Morgan fingerprint density at radius 1 is 1.37 bits per heavy atom. The molecule has 0 heterocycles. The number of carbonyl (C=O) groups is 2. The molecule has 0 atom stereocenters. The van der Waals surface area contributed by atoms with Crippen LogP contribution in [0.5, 0.6) is 0 Å². The van der Waals surface area contributed by atoms with Crippen molar-refractivity contribution in [1.29, 1.82) is 0 Å². The van der Waals surface area contributed by atoms with E-state index in [1.54, 1.807) is 0 Å². The van der Waals surface area contributed by atoms with E-state index in [2.05, 4.69) is 4.74 Å². The van der Waals surface area contributed by atoms with Gasteiger partial charge in [-0.25, -0.2) is 9.59 Å². The predicted molar refractivity (Wildman–Crippen MR) is 60.3 cm³/mol. The van der Waals surface area contributed by atoms with E-state index in [4.69, 9.17) is 9.66 Å². The fourth-order valence-electron chi connectivity index (χ4n) is 1.25. The van der Waals surface area contributed by atoms with Gasteiger partial charge < -0.3 is 11.3 Å². The van der Waals surface area contributed by atoms with Gasteiger partial charge in [0.25, 0.3) is 10.1 Å². The van der Waals surface area contributed by atoms with E-state index in [0.29, 0.717) is 6.07 Å². The number of ether oxygens (including phenoxy) is 1. The van der Waals surface area contributed by atoms with Crippen LogP contribution in [-0.2, 0) is 14.9 Å². The Balaban J connectivity index is 0. The standard InChI is InChI=1S/C10H10O7S.Na.H/c1-2-17-10(13)7-4-3-6(9(11)12)5-8(7)18(14,15)16;;/h3-5H,2H2,1H3,(H,11,12)(H,14,15,16);;/q;+1;-1. The van der Waals surface area contributed by atoms with Gasteiger partial charge in [-0.05, 0) is 25.1 Å². The number of rotatable bonds is 4. The van der Waals surface area contributed by atoms with Gasteiger partial charge in [-0.15, -0.1) is 0 Å². The van der Waals surface area contributed by atoms with Gasteiger partial charge in [0.05, 0.1) is 17.7 Å². The molecule has 0 spiro atoms. The maximum Gasteiger partial charge on any atom is 1.00 e. The Labute approximate surface area is 133 Å². The molecular formula is C10H11NaO7S. The van der Waals surface area contributed by atoms with Crippen LogP contribution in [0.15, 0.2) is 23.1 Å². The summed E-state index contributed by atoms with van der Waals surface area (Å²) in [4.78, 5) is 21.4. The van der Waals surface area contributed by atoms with Gasteiger partial charge in [0.2, 0.25) is 0 Å². The quantitative estimate of drug-likeness (QED) is 0.372. The van der Waals surface area contributed by atoms with Crippen molar-refractivity contribution in [2.24, 2.45) is 0 Å². The summed E-state index contributed by atoms with van der Waals surface area (Å²) in [5, 5.41) is 8.72. The van der Waals surface area contributed by atoms with Crippen LogP contribution in [0.25, 0.3) is 0 Å². The molecular weight excluding hydrogens is 287 g/mol. The van der Waals surface area contributed by atoms with Crippen LogP contribution >= 0.6 is 0 Å². The third kappa shape index (κ3) is 4.59. The van der Waals surface area contributed by atoms with Crippen LogP contribution in [0, 0.1) is 0 Å². The molecule has 19 heavy (non-hydrogen) atoms. The molecule has 2 N–H and O–H groups in total. The third-order valence-electron chi connectivity index (χ3n) is 2.00. The molecule has 0 fully saturated rings. The van der Waals surface area contributed by atoms with Gasteiger partial charge in [-0.3, -0.25) is 4.55 Å². The summed E-state index contributed by atoms with van der Waals surface area (Å²) in [5.41, 5.74) is -0.778. The molecule has 1 aromatic rings. The van der Waals surface area contributed by atoms with E-state index in [1.807, 2.05) is 0 Å². The Hall–Kier alpha value is -0.930. The van der Waals surface area contributed by atoms with Crippen molar-refractivity contribution in [2.45, 2.75) is 11.8 Å². The number of hydrogen-bond acceptors (Lipinski definition) is 5. The summed E-state index contributed by atoms with van der Waals surface area (Å²) < 4.78 is 35.8. The summed E-state index contributed by atoms with van der Waals surface area (Å²) in [7, 11) is -4.72. The van der Waals surface area contributed by atoms with Crippen molar-refractivity contribution in [2.75, 3.05) is 6.61 Å². The average molecular weight is 298 g/mol. The molecule has 0 saturated carbocycles. The van der Waals surface area contributed by atoms with Crippen molar-refractivity contribution in [3.8, 4) is 0 Å². The van der Waals surface area contributed by atoms with Crippen molar-refractivity contribution < 1.29 is 63.4 Å². The number of aromatic carboxylic acids is 1. The molecule has 0 aliphatic carbocycles. The first-order valence-electron chi connectivity index (χ1n) is 4.79. The second-order valence-corrected chi connectivity index (χ2v) is 4.60. The summed E-state index contributed by atoms with van der Waals surface area (Å²) >= 11 is 0. The molecule has 7 nitrogen and oxygen atoms in total. The fraction of sp³-hybridized carbons (Fsp3) is 0.200. The van der Waals surface area contributed by atoms with E-state index in [1.165, 1.54) is 6.92 Å². The molecule has 1 rings (SSSR count). The van der Waals surface area contributed by atoms with Gasteiger partial charge in [-0.1, -0.05) is 0 Å². The Kier molecular flexibility index (Phi) is 6.67. The Bertz CT molecular complexity index is 600. The van der Waals surface area contributed by atoms with E-state index in [9.17, 15) is 18.0 Å². The number of carboxylic acids is 1. The minimum Gasteiger partial charge on any atom is -1.00 e. The number of esters is 1. The maximum absolute atomic E-state index is 11.4. The molecule has 0 unspecified atom stereocenters. The van der Waals surface area contributed by atoms with Crippen molar-refractivity contribution in [3.05, 3.63) is 29.3 Å². The molecule has 0 aromatic heterocycles. The van der Waals surface area contributed by atoms with Crippen molar-refractivity contribution in [1.82, 2.24) is 0 Å². The number of carboxylic acid groups (broad SMARTS) is 1. The molecule has 9 heteroatoms. The van der Waals surface area contributed by atoms with Crippen LogP contribution in [0.3, 0.4) is 0 Å². The van der Waals surface area contributed by atoms with Gasteiger partial charge in [0.15, 0.2) is 0 Å². The van der Waals surface area contributed by atoms with Crippen LogP contribution in [0.4, 0.5) is 0 Å². The minimum absolute atomic E-state index is 0. The summed E-state index contributed by atoms with van der Waals surface area (Å²) in [6.45, 7) is 1.54. The first-order chi connectivity index (χ1) is 8.27. The van der Waals surface area contributed by atoms with E-state index in [-0.39, 0.29) is 43.2 Å². The third-order valence-corrected chi connectivity index (χ3v) is 2.90. The molecule has 1 aromatic carbocycles. The molecule has 0 aliphatic heterocycles. The zero-order chi connectivity index (χ0) is 13.9. The fourth-order valence-corrected chi connectivity index (χ4v) is 1.95. The van der Waals surface area contributed by atoms with Gasteiger partial charge in [-0.2, -0.15) is 8.42 Å². The largest absolute Gasteiger partial charge is 1.00 e. The molecule has 100 valence electrons. The van der Waals surface area contributed by atoms with E-state index < -0.39 is 32.5 Å². The zero-order valence-electron chi connectivity index (χ0n) is 11.3. The monoisotopic (exact) mass is 298 g/mol. The summed E-state index contributed by atoms with van der Waals surface area (Å²) in [6.07, 6.45) is 0. The Morgan fingerprint density at radius 3 is 2.37 bits per heavy atom. The normalized spacial score (nSPS) is 10.4. The van der Waals surface area contributed by atoms with E-state index in [0.717, 1.165) is 12.1 Å². The van der Waals surface area contributed by atoms with Crippen LogP contribution < -0.4 is 29.6 Å². The van der Waals surface area contributed by atoms with E-state index >= 15 is 0 Å². The van der Waals surface area contributed by atoms with Gasteiger partial charge >= 0.3 is 41.5 Å². The molecule has 0 saturated heterocycles. The Morgan fingerprint density at radius 2 is 1.95 bits per heavy atom. The molecule has 0 amide bonds. The molecule has 0 radical (unpaired) electrons. The predicted octanol–water partition coefficient (Wildman–Crippen LogP) is -2.08. The maximum atomic E-state index is 11.4. The topological polar surface area (TPSA) is 118 Å². The summed E-state index contributed by atoms with van der Waals surface area (Å²) in [5.74, 6) is -2.34. The SMILES string of the molecule is CCOC(=O)c1ccc(C(=O)O)cc1S(=O)(=O)O.[H-].[Na+]. The molecule has 0 aliphatic rings. The second kappa shape index (κ2) is 7.01. The number of benzene rings is 1. The van der Waals surface area contributed by atoms with Crippen molar-refractivity contribution in [3.63, 3.8) is 0 Å². The second-order valence-electron chi connectivity index (χ2n) is 3.21. The van der Waals surface area contributed by atoms with Crippen LogP contribution in [0.1, 0.15) is 29.1 Å². The first-order valence-corrected chi connectivity index (χ1v) is 6.23. The van der Waals surface area contributed by atoms with Gasteiger partial charge in [0.1, 0.15) is 4.90 Å². The van der Waals surface area contributed by atoms with Crippen LogP contribution in [0.2, 0.25) is 0 Å². The minimum atomic E-state index is -4.72. The number of carbonyl (C=O) groups excluding carboxylic acids is 1. The summed E-state index contributed by atoms with van der Waals surface area (Å²) in [6, 6.07) is 2.72. The first kappa shape index (κ1) is 18.1. The smallest absolute Gasteiger partial charge is 1.00 e.